The molecule has 0 saturated heterocycles. The van der Waals surface area contributed by atoms with Crippen LogP contribution < -0.4 is 10.3 Å². The number of pyridine rings is 1. The summed E-state index contributed by atoms with van der Waals surface area (Å²) in [4.78, 5) is 12.9. The molecule has 27 heavy (non-hydrogen) atoms. The van der Waals surface area contributed by atoms with Gasteiger partial charge >= 0.3 is 6.61 Å². The Labute approximate surface area is 152 Å². The van der Waals surface area contributed by atoms with E-state index in [1.807, 2.05) is 6.07 Å². The monoisotopic (exact) mass is 370 g/mol. The molecule has 1 aromatic heterocycles. The molecule has 0 amide bonds. The Bertz CT molecular complexity index is 1140. The summed E-state index contributed by atoms with van der Waals surface area (Å²) in [5.74, 6) is -0.642. The topological polar surface area (TPSA) is 55.0 Å². The standard InChI is InChI=1S/C20H13F3N2O2/c21-12-3-1-2-11(8-12)18-16-9-14(27-20(22)23)6-7-15(16)19(26)25(13-4-5-13)17(18)10-24/h1-3,6-9,13,20H,4-5H2. The first-order valence-electron chi connectivity index (χ1n) is 8.32. The van der Waals surface area contributed by atoms with E-state index >= 15 is 0 Å². The highest BCUT2D eigenvalue weighted by atomic mass is 19.3. The molecule has 1 fully saturated rings. The van der Waals surface area contributed by atoms with Gasteiger partial charge in [-0.2, -0.15) is 14.0 Å². The van der Waals surface area contributed by atoms with Crippen molar-refractivity contribution in [3.8, 4) is 22.9 Å². The van der Waals surface area contributed by atoms with Crippen molar-refractivity contribution < 1.29 is 17.9 Å². The van der Waals surface area contributed by atoms with Crippen LogP contribution in [0.25, 0.3) is 21.9 Å². The lowest BCUT2D eigenvalue weighted by Crippen LogP contribution is -2.23. The summed E-state index contributed by atoms with van der Waals surface area (Å²) in [5.41, 5.74) is 0.445. The van der Waals surface area contributed by atoms with Crippen molar-refractivity contribution in [3.05, 3.63) is 64.3 Å². The fraction of sp³-hybridized carbons (Fsp3) is 0.200. The molecule has 136 valence electrons. The molecule has 0 bridgehead atoms. The average Bonchev–Trinajstić information content (AvgIpc) is 3.45. The summed E-state index contributed by atoms with van der Waals surface area (Å²) in [7, 11) is 0. The lowest BCUT2D eigenvalue weighted by Gasteiger charge is -2.16. The van der Waals surface area contributed by atoms with Gasteiger partial charge in [-0.3, -0.25) is 9.36 Å². The Hall–Kier alpha value is -3.27. The van der Waals surface area contributed by atoms with Crippen molar-refractivity contribution in [1.29, 1.82) is 5.26 Å². The molecule has 0 radical (unpaired) electrons. The molecule has 0 unspecified atom stereocenters. The number of ether oxygens (including phenoxy) is 1. The molecule has 0 atom stereocenters. The number of halogens is 3. The maximum absolute atomic E-state index is 13.8. The molecule has 4 nitrogen and oxygen atoms in total. The van der Waals surface area contributed by atoms with Crippen LogP contribution in [0.2, 0.25) is 0 Å². The number of hydrogen-bond donors (Lipinski definition) is 0. The summed E-state index contributed by atoms with van der Waals surface area (Å²) in [6.45, 7) is -3.03. The molecule has 2 aromatic carbocycles. The van der Waals surface area contributed by atoms with Crippen LogP contribution in [0, 0.1) is 17.1 Å². The molecule has 4 rings (SSSR count). The maximum Gasteiger partial charge on any atom is 0.387 e. The van der Waals surface area contributed by atoms with E-state index in [0.717, 1.165) is 12.8 Å². The van der Waals surface area contributed by atoms with Gasteiger partial charge in [-0.25, -0.2) is 4.39 Å². The lowest BCUT2D eigenvalue weighted by atomic mass is 9.96. The zero-order valence-corrected chi connectivity index (χ0v) is 14.0. The number of alkyl halides is 2. The minimum Gasteiger partial charge on any atom is -0.435 e. The first-order chi connectivity index (χ1) is 13.0. The number of benzene rings is 2. The molecule has 3 aromatic rings. The largest absolute Gasteiger partial charge is 0.435 e. The molecule has 7 heteroatoms. The van der Waals surface area contributed by atoms with Crippen LogP contribution in [-0.2, 0) is 0 Å². The highest BCUT2D eigenvalue weighted by Gasteiger charge is 2.30. The summed E-state index contributed by atoms with van der Waals surface area (Å²) in [6, 6.07) is 11.6. The van der Waals surface area contributed by atoms with Crippen LogP contribution in [-0.4, -0.2) is 11.2 Å². The Kier molecular flexibility index (Phi) is 4.11. The van der Waals surface area contributed by atoms with Crippen molar-refractivity contribution in [2.75, 3.05) is 0 Å². The van der Waals surface area contributed by atoms with Crippen molar-refractivity contribution in [3.63, 3.8) is 0 Å². The van der Waals surface area contributed by atoms with Crippen LogP contribution in [0.3, 0.4) is 0 Å². The van der Waals surface area contributed by atoms with E-state index < -0.39 is 12.4 Å². The fourth-order valence-corrected chi connectivity index (χ4v) is 3.30. The van der Waals surface area contributed by atoms with E-state index in [-0.39, 0.29) is 33.8 Å². The summed E-state index contributed by atoms with van der Waals surface area (Å²) in [6.07, 6.45) is 1.55. The Morgan fingerprint density at radius 1 is 1.15 bits per heavy atom. The number of rotatable bonds is 4. The van der Waals surface area contributed by atoms with Gasteiger partial charge in [-0.05, 0) is 48.7 Å². The Balaban J connectivity index is 2.11. The molecule has 0 N–H and O–H groups in total. The van der Waals surface area contributed by atoms with Crippen LogP contribution in [0.4, 0.5) is 13.2 Å². The number of nitriles is 1. The van der Waals surface area contributed by atoms with Gasteiger partial charge in [0.05, 0.1) is 0 Å². The van der Waals surface area contributed by atoms with Gasteiger partial charge in [0.15, 0.2) is 0 Å². The van der Waals surface area contributed by atoms with Crippen molar-refractivity contribution in [1.82, 2.24) is 4.57 Å². The molecule has 0 aliphatic heterocycles. The Morgan fingerprint density at radius 3 is 2.56 bits per heavy atom. The van der Waals surface area contributed by atoms with E-state index in [4.69, 9.17) is 0 Å². The zero-order valence-electron chi connectivity index (χ0n) is 14.0. The number of fused-ring (bicyclic) bond motifs is 1. The average molecular weight is 370 g/mol. The van der Waals surface area contributed by atoms with Crippen LogP contribution in [0.1, 0.15) is 24.6 Å². The molecule has 1 aliphatic rings. The van der Waals surface area contributed by atoms with Crippen molar-refractivity contribution in [2.45, 2.75) is 25.5 Å². The lowest BCUT2D eigenvalue weighted by molar-refractivity contribution is -0.0497. The number of hydrogen-bond acceptors (Lipinski definition) is 3. The smallest absolute Gasteiger partial charge is 0.387 e. The van der Waals surface area contributed by atoms with Crippen molar-refractivity contribution >= 4 is 10.8 Å². The SMILES string of the molecule is N#Cc1c(-c2cccc(F)c2)c2cc(OC(F)F)ccc2c(=O)n1C1CC1. The predicted molar refractivity (Wildman–Crippen MR) is 93.2 cm³/mol. The third-order valence-corrected chi connectivity index (χ3v) is 4.54. The minimum atomic E-state index is -3.03. The second kappa shape index (κ2) is 6.47. The molecular formula is C20H13F3N2O2. The first-order valence-corrected chi connectivity index (χ1v) is 8.32. The van der Waals surface area contributed by atoms with Gasteiger partial charge < -0.3 is 4.74 Å². The Morgan fingerprint density at radius 2 is 1.93 bits per heavy atom. The fourth-order valence-electron chi connectivity index (χ4n) is 3.30. The number of aromatic nitrogens is 1. The minimum absolute atomic E-state index is 0.0825. The molecule has 1 heterocycles. The van der Waals surface area contributed by atoms with E-state index in [1.165, 1.54) is 41.0 Å². The van der Waals surface area contributed by atoms with Crippen LogP contribution >= 0.6 is 0 Å². The number of nitrogens with zero attached hydrogens (tertiary/aromatic N) is 2. The van der Waals surface area contributed by atoms with Gasteiger partial charge in [0.1, 0.15) is 23.3 Å². The predicted octanol–water partition coefficient (Wildman–Crippen LogP) is 4.62. The van der Waals surface area contributed by atoms with Crippen molar-refractivity contribution in [2.24, 2.45) is 0 Å². The van der Waals surface area contributed by atoms with Gasteiger partial charge in [-0.1, -0.05) is 12.1 Å². The third-order valence-electron chi connectivity index (χ3n) is 4.54. The third kappa shape index (κ3) is 3.04. The highest BCUT2D eigenvalue weighted by Crippen LogP contribution is 2.39. The zero-order chi connectivity index (χ0) is 19.1. The second-order valence-electron chi connectivity index (χ2n) is 6.34. The summed E-state index contributed by atoms with van der Waals surface area (Å²) in [5, 5.41) is 10.3. The highest BCUT2D eigenvalue weighted by molar-refractivity contribution is 5.99. The van der Waals surface area contributed by atoms with E-state index in [0.29, 0.717) is 11.1 Å². The van der Waals surface area contributed by atoms with Crippen LogP contribution in [0.15, 0.2) is 47.3 Å². The summed E-state index contributed by atoms with van der Waals surface area (Å²) < 4.78 is 44.9. The quantitative estimate of drug-likeness (QED) is 0.674. The molecule has 1 saturated carbocycles. The summed E-state index contributed by atoms with van der Waals surface area (Å²) >= 11 is 0. The normalized spacial score (nSPS) is 13.7. The molecule has 1 aliphatic carbocycles. The first kappa shape index (κ1) is 17.2. The van der Waals surface area contributed by atoms with Gasteiger partial charge in [0, 0.05) is 22.4 Å². The van der Waals surface area contributed by atoms with Crippen LogP contribution in [0.5, 0.6) is 5.75 Å². The van der Waals surface area contributed by atoms with E-state index in [1.54, 1.807) is 6.07 Å². The maximum atomic E-state index is 13.8. The van der Waals surface area contributed by atoms with Gasteiger partial charge in [0.25, 0.3) is 5.56 Å². The van der Waals surface area contributed by atoms with Gasteiger partial charge in [0.2, 0.25) is 0 Å². The molecule has 0 spiro atoms. The van der Waals surface area contributed by atoms with E-state index in [9.17, 15) is 23.2 Å². The van der Waals surface area contributed by atoms with E-state index in [2.05, 4.69) is 4.74 Å². The van der Waals surface area contributed by atoms with Gasteiger partial charge in [-0.15, -0.1) is 0 Å². The second-order valence-corrected chi connectivity index (χ2v) is 6.34. The molecular weight excluding hydrogens is 357 g/mol.